The maximum absolute atomic E-state index is 10.3. The van der Waals surface area contributed by atoms with Gasteiger partial charge in [-0.2, -0.15) is 0 Å². The lowest BCUT2D eigenvalue weighted by molar-refractivity contribution is -0.385. The van der Waals surface area contributed by atoms with Gasteiger partial charge in [-0.3, -0.25) is 10.1 Å². The first kappa shape index (κ1) is 8.67. The maximum atomic E-state index is 10.3. The van der Waals surface area contributed by atoms with Gasteiger partial charge in [-0.05, 0) is 18.1 Å². The molecule has 0 aromatic heterocycles. The molecular weight excluding hydrogens is 158 g/mol. The number of rotatable bonds is 2. The van der Waals surface area contributed by atoms with Crippen molar-refractivity contribution in [2.45, 2.75) is 6.61 Å². The zero-order chi connectivity index (χ0) is 9.14. The van der Waals surface area contributed by atoms with Crippen LogP contribution in [-0.4, -0.2) is 10.0 Å². The van der Waals surface area contributed by atoms with E-state index in [4.69, 9.17) is 5.11 Å². The van der Waals surface area contributed by atoms with Gasteiger partial charge in [0.2, 0.25) is 0 Å². The Labute approximate surface area is 69.6 Å². The molecule has 12 heavy (non-hydrogen) atoms. The highest BCUT2D eigenvalue weighted by atomic mass is 16.6. The molecule has 0 atom stereocenters. The van der Waals surface area contributed by atoms with Crippen molar-refractivity contribution in [3.63, 3.8) is 0 Å². The Balaban J connectivity index is 3.15. The Morgan fingerprint density at radius 1 is 1.50 bits per heavy atom. The minimum Gasteiger partial charge on any atom is -0.392 e. The summed E-state index contributed by atoms with van der Waals surface area (Å²) >= 11 is 0. The second-order valence-corrected chi connectivity index (χ2v) is 2.42. The Kier molecular flexibility index (Phi) is 2.40. The quantitative estimate of drug-likeness (QED) is 0.531. The first-order valence-corrected chi connectivity index (χ1v) is 3.34. The van der Waals surface area contributed by atoms with Crippen LogP contribution in [0, 0.1) is 17.0 Å². The lowest BCUT2D eigenvalue weighted by atomic mass is 10.1. The lowest BCUT2D eigenvalue weighted by Crippen LogP contribution is -1.91. The predicted octanol–water partition coefficient (Wildman–Crippen LogP) is 1.27. The molecule has 0 saturated heterocycles. The van der Waals surface area contributed by atoms with E-state index in [1.165, 1.54) is 12.1 Å². The Morgan fingerprint density at radius 3 is 2.67 bits per heavy atom. The van der Waals surface area contributed by atoms with E-state index in [0.717, 1.165) is 0 Å². The average molecular weight is 166 g/mol. The van der Waals surface area contributed by atoms with Gasteiger partial charge >= 0.3 is 0 Å². The van der Waals surface area contributed by atoms with Crippen molar-refractivity contribution < 1.29 is 10.0 Å². The van der Waals surface area contributed by atoms with E-state index in [1.54, 1.807) is 6.07 Å². The number of nitro benzene ring substituents is 1. The highest BCUT2D eigenvalue weighted by Crippen LogP contribution is 2.16. The summed E-state index contributed by atoms with van der Waals surface area (Å²) in [5.74, 6) is 0. The van der Waals surface area contributed by atoms with Crippen LogP contribution in [0.2, 0.25) is 0 Å². The molecule has 0 saturated carbocycles. The molecule has 0 unspecified atom stereocenters. The van der Waals surface area contributed by atoms with Crippen molar-refractivity contribution in [3.8, 4) is 0 Å². The number of benzene rings is 1. The van der Waals surface area contributed by atoms with Crippen molar-refractivity contribution in [1.29, 1.82) is 0 Å². The monoisotopic (exact) mass is 166 g/mol. The van der Waals surface area contributed by atoms with Gasteiger partial charge < -0.3 is 5.11 Å². The standard InChI is InChI=1S/C8H8NO3/c1-6-2-7(5-10)4-8(3-6)9(11)12/h2-4,10H,1,5H2. The van der Waals surface area contributed by atoms with Crippen molar-refractivity contribution in [1.82, 2.24) is 0 Å². The van der Waals surface area contributed by atoms with Gasteiger partial charge in [-0.1, -0.05) is 6.07 Å². The summed E-state index contributed by atoms with van der Waals surface area (Å²) in [6.45, 7) is 3.35. The summed E-state index contributed by atoms with van der Waals surface area (Å²) < 4.78 is 0. The van der Waals surface area contributed by atoms with Crippen molar-refractivity contribution in [2.75, 3.05) is 0 Å². The van der Waals surface area contributed by atoms with Crippen LogP contribution >= 0.6 is 0 Å². The molecule has 0 aliphatic carbocycles. The summed E-state index contributed by atoms with van der Waals surface area (Å²) in [6.07, 6.45) is 0. The van der Waals surface area contributed by atoms with E-state index in [1.807, 2.05) is 0 Å². The van der Waals surface area contributed by atoms with E-state index >= 15 is 0 Å². The Hall–Kier alpha value is -1.42. The third-order valence-corrected chi connectivity index (χ3v) is 1.43. The first-order valence-electron chi connectivity index (χ1n) is 3.34. The van der Waals surface area contributed by atoms with Crippen LogP contribution in [0.1, 0.15) is 11.1 Å². The largest absolute Gasteiger partial charge is 0.392 e. The number of nitro groups is 1. The molecule has 1 N–H and O–H groups in total. The van der Waals surface area contributed by atoms with Crippen molar-refractivity contribution in [3.05, 3.63) is 46.4 Å². The molecule has 0 amide bonds. The van der Waals surface area contributed by atoms with E-state index in [9.17, 15) is 10.1 Å². The van der Waals surface area contributed by atoms with Gasteiger partial charge in [-0.25, -0.2) is 0 Å². The molecule has 0 fully saturated rings. The Bertz CT molecular complexity index is 309. The SMILES string of the molecule is [CH2]c1cc(CO)cc([N+](=O)[O-])c1. The topological polar surface area (TPSA) is 63.4 Å². The molecule has 0 spiro atoms. The van der Waals surface area contributed by atoms with Crippen molar-refractivity contribution in [2.24, 2.45) is 0 Å². The van der Waals surface area contributed by atoms with Gasteiger partial charge in [0.05, 0.1) is 11.5 Å². The van der Waals surface area contributed by atoms with E-state index in [2.05, 4.69) is 6.92 Å². The molecule has 0 bridgehead atoms. The molecule has 0 aliphatic rings. The first-order chi connectivity index (χ1) is 5.63. The number of aliphatic hydroxyl groups excluding tert-OH is 1. The molecule has 63 valence electrons. The van der Waals surface area contributed by atoms with E-state index in [0.29, 0.717) is 11.1 Å². The van der Waals surface area contributed by atoms with E-state index < -0.39 is 4.92 Å². The minimum absolute atomic E-state index is 0.0356. The molecule has 1 aromatic rings. The number of hydrogen-bond acceptors (Lipinski definition) is 3. The third kappa shape index (κ3) is 1.79. The van der Waals surface area contributed by atoms with Crippen LogP contribution in [0.5, 0.6) is 0 Å². The van der Waals surface area contributed by atoms with Gasteiger partial charge in [0.15, 0.2) is 0 Å². The fourth-order valence-corrected chi connectivity index (χ4v) is 0.940. The van der Waals surface area contributed by atoms with Crippen LogP contribution in [0.15, 0.2) is 18.2 Å². The fourth-order valence-electron chi connectivity index (χ4n) is 0.940. The third-order valence-electron chi connectivity index (χ3n) is 1.43. The highest BCUT2D eigenvalue weighted by Gasteiger charge is 2.06. The molecule has 4 nitrogen and oxygen atoms in total. The summed E-state index contributed by atoms with van der Waals surface area (Å²) in [5.41, 5.74) is 1.01. The van der Waals surface area contributed by atoms with Crippen LogP contribution in [0.25, 0.3) is 0 Å². The summed E-state index contributed by atoms with van der Waals surface area (Å²) in [6, 6.07) is 4.29. The van der Waals surface area contributed by atoms with Gasteiger partial charge in [0, 0.05) is 12.1 Å². The smallest absolute Gasteiger partial charge is 0.270 e. The Morgan fingerprint density at radius 2 is 2.17 bits per heavy atom. The fraction of sp³-hybridized carbons (Fsp3) is 0.125. The molecular formula is C8H8NO3. The van der Waals surface area contributed by atoms with E-state index in [-0.39, 0.29) is 12.3 Å². The van der Waals surface area contributed by atoms with Crippen LogP contribution in [0.3, 0.4) is 0 Å². The number of hydrogen-bond donors (Lipinski definition) is 1. The molecule has 4 heteroatoms. The number of non-ortho nitro benzene ring substituents is 1. The van der Waals surface area contributed by atoms with Gasteiger partial charge in [0.1, 0.15) is 0 Å². The van der Waals surface area contributed by atoms with Crippen LogP contribution in [-0.2, 0) is 6.61 Å². The average Bonchev–Trinajstić information content (AvgIpc) is 2.03. The van der Waals surface area contributed by atoms with Crippen molar-refractivity contribution >= 4 is 5.69 Å². The van der Waals surface area contributed by atoms with Gasteiger partial charge in [-0.15, -0.1) is 0 Å². The normalized spacial score (nSPS) is 9.83. The predicted molar refractivity (Wildman–Crippen MR) is 43.5 cm³/mol. The maximum Gasteiger partial charge on any atom is 0.270 e. The zero-order valence-corrected chi connectivity index (χ0v) is 6.36. The second kappa shape index (κ2) is 3.32. The summed E-state index contributed by atoms with van der Waals surface area (Å²) in [5, 5.41) is 19.0. The molecule has 1 aromatic carbocycles. The molecule has 1 rings (SSSR count). The molecule has 0 aliphatic heterocycles. The number of aliphatic hydroxyl groups is 1. The second-order valence-electron chi connectivity index (χ2n) is 2.42. The highest BCUT2D eigenvalue weighted by molar-refractivity contribution is 5.40. The van der Waals surface area contributed by atoms with Crippen LogP contribution < -0.4 is 0 Å². The lowest BCUT2D eigenvalue weighted by Gasteiger charge is -1.98. The van der Waals surface area contributed by atoms with Crippen LogP contribution in [0.4, 0.5) is 5.69 Å². The van der Waals surface area contributed by atoms with Gasteiger partial charge in [0.25, 0.3) is 5.69 Å². The summed E-state index contributed by atoms with van der Waals surface area (Å²) in [7, 11) is 0. The molecule has 0 heterocycles. The minimum atomic E-state index is -0.506. The number of nitrogens with zero attached hydrogens (tertiary/aromatic N) is 1. The zero-order valence-electron chi connectivity index (χ0n) is 6.36. The summed E-state index contributed by atoms with van der Waals surface area (Å²) in [4.78, 5) is 9.81. The molecule has 1 radical (unpaired) electrons.